The average Bonchev–Trinajstić information content (AvgIpc) is 3.28. The third-order valence-electron chi connectivity index (χ3n) is 8.34. The number of thiophene rings is 1. The van der Waals surface area contributed by atoms with Gasteiger partial charge < -0.3 is 15.3 Å². The van der Waals surface area contributed by atoms with E-state index in [0.29, 0.717) is 43.2 Å². The lowest BCUT2D eigenvalue weighted by Gasteiger charge is -2.53. The van der Waals surface area contributed by atoms with E-state index in [9.17, 15) is 14.7 Å². The fraction of sp³-hybridized carbons (Fsp3) is 0.552. The van der Waals surface area contributed by atoms with E-state index in [2.05, 4.69) is 59.3 Å². The van der Waals surface area contributed by atoms with Gasteiger partial charge in [-0.15, -0.1) is 11.3 Å². The van der Waals surface area contributed by atoms with E-state index in [1.54, 1.807) is 0 Å². The molecule has 1 amide bonds. The van der Waals surface area contributed by atoms with Gasteiger partial charge in [0.2, 0.25) is 0 Å². The van der Waals surface area contributed by atoms with Crippen molar-refractivity contribution in [3.05, 3.63) is 55.2 Å². The van der Waals surface area contributed by atoms with E-state index < -0.39 is 11.4 Å². The molecule has 0 unspecified atom stereocenters. The molecule has 0 aliphatic heterocycles. The predicted octanol–water partition coefficient (Wildman–Crippen LogP) is 7.04. The number of carbonyl (C=O) groups is 2. The normalized spacial score (nSPS) is 26.0. The van der Waals surface area contributed by atoms with Crippen LogP contribution in [0.1, 0.15) is 97.0 Å². The molecule has 2 aliphatic rings. The number of aliphatic carboxylic acids is 1. The third-order valence-corrected chi connectivity index (χ3v) is 10.0. The van der Waals surface area contributed by atoms with Crippen molar-refractivity contribution in [2.24, 2.45) is 16.5 Å². The minimum absolute atomic E-state index is 0.0676. The summed E-state index contributed by atoms with van der Waals surface area (Å²) in [5.41, 5.74) is 3.19. The lowest BCUT2D eigenvalue weighted by atomic mass is 9.49. The van der Waals surface area contributed by atoms with Gasteiger partial charge in [-0.2, -0.15) is 0 Å². The number of carboxylic acids is 1. The molecule has 1 heterocycles. The molecule has 2 N–H and O–H groups in total. The first kappa shape index (κ1) is 27.8. The van der Waals surface area contributed by atoms with Crippen molar-refractivity contribution in [1.82, 2.24) is 5.32 Å². The van der Waals surface area contributed by atoms with Gasteiger partial charge in [-0.05, 0) is 85.8 Å². The van der Waals surface area contributed by atoms with Gasteiger partial charge in [-0.3, -0.25) is 9.59 Å². The Balaban J connectivity index is 1.55. The lowest BCUT2D eigenvalue weighted by Crippen LogP contribution is -2.53. The highest BCUT2D eigenvalue weighted by molar-refractivity contribution is 9.10. The molecule has 6 nitrogen and oxygen atoms in total. The second-order valence-corrected chi connectivity index (χ2v) is 13.4. The maximum Gasteiger partial charge on any atom is 0.309 e. The Morgan fingerprint density at radius 3 is 2.68 bits per heavy atom. The molecule has 37 heavy (non-hydrogen) atoms. The van der Waals surface area contributed by atoms with Gasteiger partial charge in [-0.25, -0.2) is 0 Å². The summed E-state index contributed by atoms with van der Waals surface area (Å²) in [6, 6.07) is 8.19. The first-order valence-corrected chi connectivity index (χ1v) is 14.7. The lowest BCUT2D eigenvalue weighted by molar-refractivity contribution is -0.156. The quantitative estimate of drug-likeness (QED) is 0.256. The molecule has 1 saturated carbocycles. The van der Waals surface area contributed by atoms with Gasteiger partial charge >= 0.3 is 5.97 Å². The third kappa shape index (κ3) is 5.37. The molecule has 0 bridgehead atoms. The molecule has 8 heteroatoms. The van der Waals surface area contributed by atoms with Crippen LogP contribution in [0.3, 0.4) is 0 Å². The number of amides is 1. The first-order valence-electron chi connectivity index (χ1n) is 13.1. The monoisotopic (exact) mass is 588 g/mol. The molecule has 3 atom stereocenters. The summed E-state index contributed by atoms with van der Waals surface area (Å²) in [4.78, 5) is 32.3. The zero-order chi connectivity index (χ0) is 27.0. The number of aryl methyl sites for hydroxylation is 1. The molecular weight excluding hydrogens is 552 g/mol. The molecule has 2 aliphatic carbocycles. The molecule has 200 valence electrons. The van der Waals surface area contributed by atoms with Crippen LogP contribution >= 0.6 is 27.3 Å². The minimum Gasteiger partial charge on any atom is -0.481 e. The smallest absolute Gasteiger partial charge is 0.309 e. The molecule has 0 radical (unpaired) electrons. The number of nitrogens with one attached hydrogen (secondary N) is 1. The van der Waals surface area contributed by atoms with Crippen LogP contribution in [-0.2, 0) is 15.0 Å². The Bertz CT molecular complexity index is 1220. The number of fused-ring (bicyclic) bond motifs is 3. The van der Waals surface area contributed by atoms with Crippen LogP contribution in [-0.4, -0.2) is 35.8 Å². The highest BCUT2D eigenvalue weighted by atomic mass is 79.9. The average molecular weight is 590 g/mol. The van der Waals surface area contributed by atoms with Crippen molar-refractivity contribution in [1.29, 1.82) is 0 Å². The standard InChI is InChI=1S/C29H37BrN2O4S/c1-17(2)19-14-20-21(15-22(19)30)28(4)10-6-11-29(5,27(34)35)25(28)16-23(20)32-36-13-7-12-31-26(33)24-9-8-18(3)37-24/h8-9,14-15,17,25H,6-7,10-13,16H2,1-5H3,(H,31,33)(H,34,35)/b32-23+/t25-,28-,29-/m1/s1. The fourth-order valence-corrected chi connectivity index (χ4v) is 7.73. The minimum atomic E-state index is -0.820. The Morgan fingerprint density at radius 1 is 1.27 bits per heavy atom. The second-order valence-electron chi connectivity index (χ2n) is 11.2. The van der Waals surface area contributed by atoms with Crippen LogP contribution in [0.25, 0.3) is 0 Å². The molecule has 4 rings (SSSR count). The Morgan fingerprint density at radius 2 is 2.03 bits per heavy atom. The van der Waals surface area contributed by atoms with Gasteiger partial charge in [0.1, 0.15) is 6.61 Å². The zero-order valence-corrected chi connectivity index (χ0v) is 24.7. The summed E-state index contributed by atoms with van der Waals surface area (Å²) in [6.45, 7) is 11.3. The molecule has 1 aromatic heterocycles. The van der Waals surface area contributed by atoms with E-state index in [1.807, 2.05) is 26.0 Å². The highest BCUT2D eigenvalue weighted by Crippen LogP contribution is 2.58. The van der Waals surface area contributed by atoms with Gasteiger partial charge in [0.25, 0.3) is 5.91 Å². The fourth-order valence-electron chi connectivity index (χ4n) is 6.14. The van der Waals surface area contributed by atoms with Crippen LogP contribution < -0.4 is 5.32 Å². The van der Waals surface area contributed by atoms with Crippen molar-refractivity contribution in [2.75, 3.05) is 13.2 Å². The van der Waals surface area contributed by atoms with Gasteiger partial charge in [0, 0.05) is 27.9 Å². The van der Waals surface area contributed by atoms with E-state index in [4.69, 9.17) is 4.84 Å². The Hall–Kier alpha value is -2.19. The summed E-state index contributed by atoms with van der Waals surface area (Å²) >= 11 is 5.26. The van der Waals surface area contributed by atoms with Crippen molar-refractivity contribution >= 4 is 44.9 Å². The Kier molecular flexibility index (Phi) is 8.19. The number of carbonyl (C=O) groups excluding carboxylic acids is 1. The van der Waals surface area contributed by atoms with Crippen LogP contribution in [0.5, 0.6) is 0 Å². The predicted molar refractivity (Wildman–Crippen MR) is 152 cm³/mol. The number of carboxylic acid groups (broad SMARTS) is 1. The summed E-state index contributed by atoms with van der Waals surface area (Å²) in [7, 11) is 0. The van der Waals surface area contributed by atoms with Crippen molar-refractivity contribution < 1.29 is 19.5 Å². The molecule has 1 aromatic carbocycles. The number of hydrogen-bond donors (Lipinski definition) is 2. The van der Waals surface area contributed by atoms with Gasteiger partial charge in [-0.1, -0.05) is 48.3 Å². The largest absolute Gasteiger partial charge is 0.481 e. The molecule has 0 saturated heterocycles. The molecular formula is C29H37BrN2O4S. The summed E-state index contributed by atoms with van der Waals surface area (Å²) < 4.78 is 1.06. The van der Waals surface area contributed by atoms with E-state index >= 15 is 0 Å². The molecule has 0 spiro atoms. The maximum atomic E-state index is 12.5. The molecule has 1 fully saturated rings. The van der Waals surface area contributed by atoms with Crippen LogP contribution in [0, 0.1) is 18.3 Å². The first-order chi connectivity index (χ1) is 17.5. The Labute approximate surface area is 232 Å². The maximum absolute atomic E-state index is 12.5. The number of benzene rings is 1. The zero-order valence-electron chi connectivity index (χ0n) is 22.3. The summed E-state index contributed by atoms with van der Waals surface area (Å²) in [5.74, 6) is -0.547. The van der Waals surface area contributed by atoms with Gasteiger partial charge in [0.05, 0.1) is 16.0 Å². The second kappa shape index (κ2) is 10.9. The van der Waals surface area contributed by atoms with Crippen molar-refractivity contribution in [3.8, 4) is 0 Å². The van der Waals surface area contributed by atoms with Crippen LogP contribution in [0.2, 0.25) is 0 Å². The topological polar surface area (TPSA) is 88.0 Å². The number of hydrogen-bond acceptors (Lipinski definition) is 5. The van der Waals surface area contributed by atoms with E-state index in [-0.39, 0.29) is 17.2 Å². The molecule has 2 aromatic rings. The number of rotatable bonds is 8. The van der Waals surface area contributed by atoms with Crippen molar-refractivity contribution in [2.45, 2.75) is 78.1 Å². The van der Waals surface area contributed by atoms with Crippen LogP contribution in [0.15, 0.2) is 33.9 Å². The summed E-state index contributed by atoms with van der Waals surface area (Å²) in [5, 5.41) is 17.8. The van der Waals surface area contributed by atoms with Gasteiger partial charge in [0.15, 0.2) is 0 Å². The number of nitrogens with zero attached hydrogens (tertiary/aromatic N) is 1. The van der Waals surface area contributed by atoms with E-state index in [0.717, 1.165) is 39.0 Å². The van der Waals surface area contributed by atoms with Crippen LogP contribution in [0.4, 0.5) is 0 Å². The SMILES string of the molecule is Cc1ccc(C(=O)NCCCO/N=C2\C[C@H]3[C@](C)(C(=O)O)CCC[C@]3(C)c3cc(Br)c(C(C)C)cc32)s1. The summed E-state index contributed by atoms with van der Waals surface area (Å²) in [6.07, 6.45) is 3.71. The number of halogens is 1. The van der Waals surface area contributed by atoms with E-state index in [1.165, 1.54) is 16.9 Å². The number of oxime groups is 1. The van der Waals surface area contributed by atoms with Crippen molar-refractivity contribution in [3.63, 3.8) is 0 Å². The highest BCUT2D eigenvalue weighted by Gasteiger charge is 2.56.